The maximum atomic E-state index is 5.89. The fraction of sp³-hybridized carbons (Fsp3) is 0.593. The van der Waals surface area contributed by atoms with Crippen LogP contribution in [0.25, 0.3) is 11.3 Å². The summed E-state index contributed by atoms with van der Waals surface area (Å²) in [5, 5.41) is 0. The fourth-order valence-corrected chi connectivity index (χ4v) is 3.42. The molecule has 30 heavy (non-hydrogen) atoms. The minimum atomic E-state index is 0.772. The lowest BCUT2D eigenvalue weighted by atomic mass is 10.0. The molecule has 3 heteroatoms. The van der Waals surface area contributed by atoms with Crippen LogP contribution in [-0.4, -0.2) is 18.2 Å². The quantitative estimate of drug-likeness (QED) is 0.262. The van der Waals surface area contributed by atoms with E-state index >= 15 is 0 Å². The fourth-order valence-electron chi connectivity index (χ4n) is 3.42. The predicted octanol–water partition coefficient (Wildman–Crippen LogP) is 8.08. The number of rotatable bonds is 16. The third-order valence-corrected chi connectivity index (χ3v) is 5.71. The van der Waals surface area contributed by atoms with E-state index in [-0.39, 0.29) is 0 Å². The molecule has 0 saturated carbocycles. The van der Waals surface area contributed by atoms with Crippen molar-refractivity contribution in [1.29, 1.82) is 0 Å². The molecule has 0 fully saturated rings. The second kappa shape index (κ2) is 14.9. The van der Waals surface area contributed by atoms with Gasteiger partial charge in [-0.1, -0.05) is 72.1 Å². The van der Waals surface area contributed by atoms with Crippen LogP contribution in [0.1, 0.15) is 85.0 Å². The summed E-state index contributed by atoms with van der Waals surface area (Å²) >= 11 is 0. The summed E-state index contributed by atoms with van der Waals surface area (Å²) in [7, 11) is 0. The number of ether oxygens (including phenoxy) is 2. The molecule has 0 N–H and O–H groups in total. The number of nitrogens with zero attached hydrogens (tertiary/aromatic N) is 1. The summed E-state index contributed by atoms with van der Waals surface area (Å²) < 4.78 is 11.7. The van der Waals surface area contributed by atoms with E-state index in [1.807, 2.05) is 30.5 Å². The molecule has 0 spiro atoms. The van der Waals surface area contributed by atoms with Crippen molar-refractivity contribution >= 4 is 0 Å². The highest BCUT2D eigenvalue weighted by molar-refractivity contribution is 5.60. The second-order valence-corrected chi connectivity index (χ2v) is 8.38. The highest BCUT2D eigenvalue weighted by atomic mass is 16.5. The molecule has 0 aliphatic heterocycles. The van der Waals surface area contributed by atoms with Gasteiger partial charge in [-0.15, -0.1) is 0 Å². The van der Waals surface area contributed by atoms with Crippen LogP contribution in [0.4, 0.5) is 0 Å². The molecule has 0 aliphatic rings. The highest BCUT2D eigenvalue weighted by Crippen LogP contribution is 2.23. The van der Waals surface area contributed by atoms with Crippen LogP contribution in [0.3, 0.4) is 0 Å². The first-order valence-corrected chi connectivity index (χ1v) is 12.0. The predicted molar refractivity (Wildman–Crippen MR) is 127 cm³/mol. The van der Waals surface area contributed by atoms with Crippen molar-refractivity contribution in [3.05, 3.63) is 42.6 Å². The van der Waals surface area contributed by atoms with Gasteiger partial charge in [0.05, 0.1) is 25.1 Å². The van der Waals surface area contributed by atoms with Gasteiger partial charge in [0.1, 0.15) is 11.5 Å². The van der Waals surface area contributed by atoms with Crippen LogP contribution < -0.4 is 9.47 Å². The van der Waals surface area contributed by atoms with Gasteiger partial charge in [-0.25, -0.2) is 0 Å². The van der Waals surface area contributed by atoms with Gasteiger partial charge in [0.2, 0.25) is 0 Å². The summed E-state index contributed by atoms with van der Waals surface area (Å²) in [5.74, 6) is 2.63. The molecule has 2 aromatic rings. The van der Waals surface area contributed by atoms with Crippen LogP contribution in [0.2, 0.25) is 0 Å². The summed E-state index contributed by atoms with van der Waals surface area (Å²) in [4.78, 5) is 4.56. The van der Waals surface area contributed by atoms with E-state index in [1.54, 1.807) is 0 Å². The number of hydrogen-bond donors (Lipinski definition) is 0. The maximum Gasteiger partial charge on any atom is 0.137 e. The molecule has 0 saturated heterocycles. The van der Waals surface area contributed by atoms with Crippen LogP contribution in [0.5, 0.6) is 11.5 Å². The normalized spacial score (nSPS) is 12.0. The van der Waals surface area contributed by atoms with Crippen molar-refractivity contribution in [2.45, 2.75) is 85.0 Å². The zero-order valence-corrected chi connectivity index (χ0v) is 19.4. The van der Waals surface area contributed by atoms with Crippen LogP contribution >= 0.6 is 0 Å². The molecular weight excluding hydrogens is 370 g/mol. The molecule has 0 aliphatic carbocycles. The summed E-state index contributed by atoms with van der Waals surface area (Å²) in [6.45, 7) is 8.41. The van der Waals surface area contributed by atoms with Gasteiger partial charge >= 0.3 is 0 Å². The molecule has 3 nitrogen and oxygen atoms in total. The Morgan fingerprint density at radius 2 is 1.37 bits per heavy atom. The van der Waals surface area contributed by atoms with E-state index in [4.69, 9.17) is 9.47 Å². The average molecular weight is 412 g/mol. The van der Waals surface area contributed by atoms with Gasteiger partial charge in [-0.3, -0.25) is 4.98 Å². The zero-order valence-electron chi connectivity index (χ0n) is 19.4. The van der Waals surface area contributed by atoms with E-state index < -0.39 is 0 Å². The molecule has 1 unspecified atom stereocenters. The van der Waals surface area contributed by atoms with Crippen LogP contribution in [-0.2, 0) is 0 Å². The minimum Gasteiger partial charge on any atom is -0.494 e. The molecule has 0 radical (unpaired) electrons. The summed E-state index contributed by atoms with van der Waals surface area (Å²) in [6, 6.07) is 12.3. The molecule has 0 amide bonds. The van der Waals surface area contributed by atoms with Crippen molar-refractivity contribution in [1.82, 2.24) is 4.98 Å². The van der Waals surface area contributed by atoms with Crippen molar-refractivity contribution in [2.75, 3.05) is 13.2 Å². The first-order valence-electron chi connectivity index (χ1n) is 12.0. The van der Waals surface area contributed by atoms with E-state index in [0.29, 0.717) is 0 Å². The minimum absolute atomic E-state index is 0.772. The Bertz CT molecular complexity index is 666. The number of unbranched alkanes of at least 4 members (excludes halogenated alkanes) is 6. The molecule has 1 atom stereocenters. The molecule has 1 aromatic carbocycles. The second-order valence-electron chi connectivity index (χ2n) is 8.38. The van der Waals surface area contributed by atoms with Gasteiger partial charge in [0, 0.05) is 5.56 Å². The van der Waals surface area contributed by atoms with E-state index in [0.717, 1.165) is 54.7 Å². The van der Waals surface area contributed by atoms with Crippen molar-refractivity contribution in [3.63, 3.8) is 0 Å². The van der Waals surface area contributed by atoms with E-state index in [9.17, 15) is 0 Å². The number of hydrogen-bond acceptors (Lipinski definition) is 3. The summed E-state index contributed by atoms with van der Waals surface area (Å²) in [5.41, 5.74) is 2.06. The van der Waals surface area contributed by atoms with Crippen molar-refractivity contribution < 1.29 is 9.47 Å². The van der Waals surface area contributed by atoms with Gasteiger partial charge < -0.3 is 9.47 Å². The standard InChI is InChI=1S/C27H41NO2/c1-4-6-7-8-11-21-30-26-18-19-27(28-22-26)24-14-16-25(17-15-24)29-20-12-9-10-13-23(3)5-2/h14-19,22-23H,4-13,20-21H2,1-3H3. The van der Waals surface area contributed by atoms with Gasteiger partial charge in [-0.2, -0.15) is 0 Å². The lowest BCUT2D eigenvalue weighted by Gasteiger charge is -2.09. The zero-order chi connectivity index (χ0) is 21.4. The highest BCUT2D eigenvalue weighted by Gasteiger charge is 2.03. The van der Waals surface area contributed by atoms with Gasteiger partial charge in [0.25, 0.3) is 0 Å². The lowest BCUT2D eigenvalue weighted by Crippen LogP contribution is -1.99. The smallest absolute Gasteiger partial charge is 0.137 e. The average Bonchev–Trinajstić information content (AvgIpc) is 2.79. The van der Waals surface area contributed by atoms with Crippen molar-refractivity contribution in [2.24, 2.45) is 5.92 Å². The molecule has 2 rings (SSSR count). The number of benzene rings is 1. The third kappa shape index (κ3) is 9.65. The molecule has 166 valence electrons. The monoisotopic (exact) mass is 411 g/mol. The Balaban J connectivity index is 1.67. The van der Waals surface area contributed by atoms with Gasteiger partial charge in [-0.05, 0) is 55.2 Å². The molecule has 1 heterocycles. The molecular formula is C27H41NO2. The largest absolute Gasteiger partial charge is 0.494 e. The number of aromatic nitrogens is 1. The first kappa shape index (κ1) is 24.2. The topological polar surface area (TPSA) is 31.4 Å². The van der Waals surface area contributed by atoms with Crippen LogP contribution in [0.15, 0.2) is 42.6 Å². The maximum absolute atomic E-state index is 5.89. The number of pyridine rings is 1. The molecule has 0 bridgehead atoms. The van der Waals surface area contributed by atoms with E-state index in [2.05, 4.69) is 37.9 Å². The molecule has 1 aromatic heterocycles. The Morgan fingerprint density at radius 3 is 2.00 bits per heavy atom. The third-order valence-electron chi connectivity index (χ3n) is 5.71. The van der Waals surface area contributed by atoms with Crippen molar-refractivity contribution in [3.8, 4) is 22.8 Å². The van der Waals surface area contributed by atoms with Crippen LogP contribution in [0, 0.1) is 5.92 Å². The Labute approximate surface area is 184 Å². The summed E-state index contributed by atoms with van der Waals surface area (Å²) in [6.07, 6.45) is 14.4. The van der Waals surface area contributed by atoms with Gasteiger partial charge in [0.15, 0.2) is 0 Å². The SMILES string of the molecule is CCCCCCCOc1ccc(-c2ccc(OCCCCCC(C)CC)cc2)nc1. The first-order chi connectivity index (χ1) is 14.7. The Morgan fingerprint density at radius 1 is 0.733 bits per heavy atom. The van der Waals surface area contributed by atoms with E-state index in [1.165, 1.54) is 51.4 Å². The Hall–Kier alpha value is -2.03. The Kier molecular flexibility index (Phi) is 12.0. The lowest BCUT2D eigenvalue weighted by molar-refractivity contribution is 0.302.